The molecule has 0 N–H and O–H groups in total. The van der Waals surface area contributed by atoms with E-state index in [1.165, 1.54) is 17.0 Å². The summed E-state index contributed by atoms with van der Waals surface area (Å²) < 4.78 is 0. The number of amides is 3. The maximum Gasteiger partial charge on any atom is 0.339 e. The van der Waals surface area contributed by atoms with Crippen LogP contribution in [0, 0.1) is 5.92 Å². The molecule has 1 fully saturated rings. The Morgan fingerprint density at radius 3 is 2.07 bits per heavy atom. The Hall–Kier alpha value is -3.48. The van der Waals surface area contributed by atoms with Crippen LogP contribution < -0.4 is 0 Å². The van der Waals surface area contributed by atoms with Gasteiger partial charge in [-0.2, -0.15) is 0 Å². The van der Waals surface area contributed by atoms with Gasteiger partial charge in [0.1, 0.15) is 0 Å². The summed E-state index contributed by atoms with van der Waals surface area (Å²) in [4.78, 5) is 56.4. The van der Waals surface area contributed by atoms with E-state index in [0.717, 1.165) is 5.56 Å². The van der Waals surface area contributed by atoms with Gasteiger partial charge in [0.15, 0.2) is 0 Å². The van der Waals surface area contributed by atoms with E-state index in [1.54, 1.807) is 19.2 Å². The van der Waals surface area contributed by atoms with Crippen molar-refractivity contribution in [1.82, 2.24) is 9.96 Å². The number of imide groups is 1. The lowest BCUT2D eigenvalue weighted by molar-refractivity contribution is -0.174. The lowest BCUT2D eigenvalue weighted by Gasteiger charge is -2.25. The fraction of sp³-hybridized carbons (Fsp3) is 0.200. The van der Waals surface area contributed by atoms with Crippen LogP contribution in [0.15, 0.2) is 54.6 Å². The lowest BCUT2D eigenvalue weighted by atomic mass is 9.94. The Morgan fingerprint density at radius 2 is 1.48 bits per heavy atom. The van der Waals surface area contributed by atoms with E-state index >= 15 is 0 Å². The molecule has 0 aliphatic carbocycles. The van der Waals surface area contributed by atoms with Crippen LogP contribution in [0.3, 0.4) is 0 Å². The van der Waals surface area contributed by atoms with Gasteiger partial charge in [-0.3, -0.25) is 14.4 Å². The molecule has 0 bridgehead atoms. The van der Waals surface area contributed by atoms with Crippen molar-refractivity contribution in [2.75, 3.05) is 7.05 Å². The zero-order valence-corrected chi connectivity index (χ0v) is 14.5. The topological polar surface area (TPSA) is 84.0 Å². The molecule has 2 aromatic carbocycles. The van der Waals surface area contributed by atoms with Crippen molar-refractivity contribution in [2.24, 2.45) is 5.92 Å². The van der Waals surface area contributed by atoms with E-state index in [1.807, 2.05) is 30.3 Å². The van der Waals surface area contributed by atoms with Gasteiger partial charge in [0.25, 0.3) is 11.8 Å². The normalized spacial score (nSPS) is 21.6. The quantitative estimate of drug-likeness (QED) is 0.778. The van der Waals surface area contributed by atoms with Crippen LogP contribution in [0.25, 0.3) is 0 Å². The fourth-order valence-electron chi connectivity index (χ4n) is 3.59. The number of likely N-dealkylation sites (tertiary alicyclic amines) is 1. The second-order valence-corrected chi connectivity index (χ2v) is 6.53. The van der Waals surface area contributed by atoms with Crippen molar-refractivity contribution in [3.05, 3.63) is 71.3 Å². The first-order valence-electron chi connectivity index (χ1n) is 8.49. The molecule has 1 saturated heterocycles. The SMILES string of the molecule is CN1C(=O)CC(C(=O)ON2C(=O)c3ccccc3C2=O)C1c1ccccc1. The van der Waals surface area contributed by atoms with Crippen LogP contribution in [0.5, 0.6) is 0 Å². The Balaban J connectivity index is 1.59. The lowest BCUT2D eigenvalue weighted by Crippen LogP contribution is -2.36. The number of carbonyl (C=O) groups is 4. The highest BCUT2D eigenvalue weighted by Gasteiger charge is 2.46. The zero-order chi connectivity index (χ0) is 19.1. The molecule has 0 aromatic heterocycles. The summed E-state index contributed by atoms with van der Waals surface area (Å²) in [6, 6.07) is 14.9. The van der Waals surface area contributed by atoms with E-state index in [4.69, 9.17) is 4.84 Å². The number of fused-ring (bicyclic) bond motifs is 1. The predicted molar refractivity (Wildman–Crippen MR) is 93.1 cm³/mol. The monoisotopic (exact) mass is 364 g/mol. The number of hydrogen-bond donors (Lipinski definition) is 0. The molecular weight excluding hydrogens is 348 g/mol. The van der Waals surface area contributed by atoms with Crippen molar-refractivity contribution in [1.29, 1.82) is 0 Å². The second-order valence-electron chi connectivity index (χ2n) is 6.53. The smallest absolute Gasteiger partial charge is 0.338 e. The first-order chi connectivity index (χ1) is 13.0. The average molecular weight is 364 g/mol. The third-order valence-corrected chi connectivity index (χ3v) is 4.97. The molecular formula is C20H16N2O5. The van der Waals surface area contributed by atoms with Crippen molar-refractivity contribution >= 4 is 23.7 Å². The Labute approximate surface area is 155 Å². The highest BCUT2D eigenvalue weighted by atomic mass is 16.7. The molecule has 4 rings (SSSR count). The minimum Gasteiger partial charge on any atom is -0.338 e. The largest absolute Gasteiger partial charge is 0.339 e. The molecule has 3 amide bonds. The van der Waals surface area contributed by atoms with Crippen LogP contribution in [0.2, 0.25) is 0 Å². The number of nitrogens with zero attached hydrogens (tertiary/aromatic N) is 2. The van der Waals surface area contributed by atoms with E-state index in [9.17, 15) is 19.2 Å². The van der Waals surface area contributed by atoms with Gasteiger partial charge >= 0.3 is 5.97 Å². The average Bonchev–Trinajstić information content (AvgIpc) is 3.12. The zero-order valence-electron chi connectivity index (χ0n) is 14.5. The maximum atomic E-state index is 12.8. The molecule has 7 heteroatoms. The third kappa shape index (κ3) is 2.68. The molecule has 2 aromatic rings. The van der Waals surface area contributed by atoms with Gasteiger partial charge in [0.05, 0.1) is 23.1 Å². The van der Waals surface area contributed by atoms with Crippen LogP contribution in [-0.2, 0) is 14.4 Å². The van der Waals surface area contributed by atoms with E-state index in [0.29, 0.717) is 5.06 Å². The number of hydroxylamine groups is 2. The van der Waals surface area contributed by atoms with Gasteiger partial charge < -0.3 is 9.74 Å². The molecule has 27 heavy (non-hydrogen) atoms. The summed E-state index contributed by atoms with van der Waals surface area (Å²) in [5, 5.41) is 0.484. The Morgan fingerprint density at radius 1 is 0.926 bits per heavy atom. The van der Waals surface area contributed by atoms with E-state index in [-0.39, 0.29) is 23.5 Å². The molecule has 136 valence electrons. The molecule has 0 spiro atoms. The summed E-state index contributed by atoms with van der Waals surface area (Å²) in [6.45, 7) is 0. The maximum absolute atomic E-state index is 12.8. The van der Waals surface area contributed by atoms with Gasteiger partial charge in [0.2, 0.25) is 5.91 Å². The summed E-state index contributed by atoms with van der Waals surface area (Å²) in [5.41, 5.74) is 1.17. The van der Waals surface area contributed by atoms with E-state index < -0.39 is 29.7 Å². The van der Waals surface area contributed by atoms with Gasteiger partial charge in [-0.1, -0.05) is 47.5 Å². The molecule has 2 atom stereocenters. The van der Waals surface area contributed by atoms with Gasteiger partial charge in [-0.05, 0) is 17.7 Å². The van der Waals surface area contributed by atoms with Crippen LogP contribution in [0.1, 0.15) is 38.7 Å². The number of benzene rings is 2. The Bertz CT molecular complexity index is 921. The fourth-order valence-corrected chi connectivity index (χ4v) is 3.59. The summed E-state index contributed by atoms with van der Waals surface area (Å²) in [7, 11) is 1.62. The standard InChI is InChI=1S/C20H16N2O5/c1-21-16(23)11-15(17(21)12-7-3-2-4-8-12)20(26)27-22-18(24)13-9-5-6-10-14(13)19(22)25/h2-10,15,17H,11H2,1H3. The minimum absolute atomic E-state index is 0.0436. The van der Waals surface area contributed by atoms with Crippen molar-refractivity contribution in [3.63, 3.8) is 0 Å². The Kier molecular flexibility index (Phi) is 3.99. The molecule has 2 aliphatic heterocycles. The minimum atomic E-state index is -0.811. The van der Waals surface area contributed by atoms with Gasteiger partial charge in [-0.15, -0.1) is 0 Å². The van der Waals surface area contributed by atoms with Crippen molar-refractivity contribution < 1.29 is 24.0 Å². The van der Waals surface area contributed by atoms with Gasteiger partial charge in [-0.25, -0.2) is 4.79 Å². The van der Waals surface area contributed by atoms with Crippen molar-refractivity contribution in [3.8, 4) is 0 Å². The number of hydrogen-bond acceptors (Lipinski definition) is 5. The molecule has 2 aliphatic rings. The predicted octanol–water partition coefficient (Wildman–Crippen LogP) is 1.96. The van der Waals surface area contributed by atoms with Crippen LogP contribution >= 0.6 is 0 Å². The summed E-state index contributed by atoms with van der Waals surface area (Å²) in [5.74, 6) is -3.16. The number of carbonyl (C=O) groups excluding carboxylic acids is 4. The highest BCUT2D eigenvalue weighted by molar-refractivity contribution is 6.20. The number of rotatable bonds is 3. The molecule has 2 heterocycles. The van der Waals surface area contributed by atoms with Crippen LogP contribution in [0.4, 0.5) is 0 Å². The third-order valence-electron chi connectivity index (χ3n) is 4.97. The first-order valence-corrected chi connectivity index (χ1v) is 8.49. The molecule has 0 radical (unpaired) electrons. The van der Waals surface area contributed by atoms with Crippen molar-refractivity contribution in [2.45, 2.75) is 12.5 Å². The van der Waals surface area contributed by atoms with Gasteiger partial charge in [0, 0.05) is 13.5 Å². The molecule has 7 nitrogen and oxygen atoms in total. The molecule has 0 saturated carbocycles. The first kappa shape index (κ1) is 17.0. The highest BCUT2D eigenvalue weighted by Crippen LogP contribution is 2.38. The summed E-state index contributed by atoms with van der Waals surface area (Å²) in [6.07, 6.45) is -0.0436. The second kappa shape index (κ2) is 6.35. The van der Waals surface area contributed by atoms with E-state index in [2.05, 4.69) is 0 Å². The molecule has 2 unspecified atom stereocenters. The summed E-state index contributed by atoms with van der Waals surface area (Å²) >= 11 is 0. The van der Waals surface area contributed by atoms with Crippen LogP contribution in [-0.4, -0.2) is 40.7 Å².